The van der Waals surface area contributed by atoms with Gasteiger partial charge in [-0.2, -0.15) is 0 Å². The van der Waals surface area contributed by atoms with E-state index in [9.17, 15) is 4.79 Å². The topological polar surface area (TPSA) is 38.3 Å². The van der Waals surface area contributed by atoms with Gasteiger partial charge in [-0.3, -0.25) is 4.79 Å². The molecular formula is C12H21NO2. The van der Waals surface area contributed by atoms with Crippen LogP contribution in [0.25, 0.3) is 0 Å². The van der Waals surface area contributed by atoms with E-state index in [2.05, 4.69) is 5.32 Å². The normalized spacial score (nSPS) is 29.3. The molecule has 15 heavy (non-hydrogen) atoms. The summed E-state index contributed by atoms with van der Waals surface area (Å²) in [6, 6.07) is 0.395. The predicted molar refractivity (Wildman–Crippen MR) is 58.6 cm³/mol. The van der Waals surface area contributed by atoms with Crippen LogP contribution in [0.15, 0.2) is 0 Å². The quantitative estimate of drug-likeness (QED) is 0.710. The summed E-state index contributed by atoms with van der Waals surface area (Å²) >= 11 is 0. The van der Waals surface area contributed by atoms with Gasteiger partial charge < -0.3 is 10.1 Å². The maximum absolute atomic E-state index is 10.7. The Balaban J connectivity index is 1.80. The largest absolute Gasteiger partial charge is 0.464 e. The van der Waals surface area contributed by atoms with Crippen molar-refractivity contribution < 1.29 is 9.53 Å². The zero-order chi connectivity index (χ0) is 10.7. The lowest BCUT2D eigenvalue weighted by molar-refractivity contribution is -0.141. The van der Waals surface area contributed by atoms with Gasteiger partial charge in [0, 0.05) is 18.5 Å². The number of carbonyl (C=O) groups excluding carboxylic acids is 1. The van der Waals surface area contributed by atoms with Gasteiger partial charge in [-0.25, -0.2) is 0 Å². The number of esters is 1. The van der Waals surface area contributed by atoms with Crippen LogP contribution in [0.5, 0.6) is 0 Å². The number of hydrogen-bond acceptors (Lipinski definition) is 3. The monoisotopic (exact) mass is 211 g/mol. The van der Waals surface area contributed by atoms with Crippen molar-refractivity contribution >= 4 is 5.97 Å². The van der Waals surface area contributed by atoms with Crippen molar-refractivity contribution in [2.45, 2.75) is 63.5 Å². The lowest BCUT2D eigenvalue weighted by Crippen LogP contribution is -2.45. The Morgan fingerprint density at radius 2 is 2.07 bits per heavy atom. The van der Waals surface area contributed by atoms with Gasteiger partial charge in [0.25, 0.3) is 0 Å². The summed E-state index contributed by atoms with van der Waals surface area (Å²) in [4.78, 5) is 10.7. The van der Waals surface area contributed by atoms with Gasteiger partial charge in [0.2, 0.25) is 0 Å². The number of ether oxygens (including phenoxy) is 1. The van der Waals surface area contributed by atoms with E-state index in [1.54, 1.807) is 0 Å². The van der Waals surface area contributed by atoms with Crippen molar-refractivity contribution in [3.63, 3.8) is 0 Å². The van der Waals surface area contributed by atoms with E-state index >= 15 is 0 Å². The van der Waals surface area contributed by atoms with Gasteiger partial charge in [0.1, 0.15) is 6.61 Å². The number of nitrogens with one attached hydrogen (secondary N) is 1. The summed E-state index contributed by atoms with van der Waals surface area (Å²) in [5, 5.41) is 3.68. The molecule has 0 aromatic carbocycles. The first-order valence-electron chi connectivity index (χ1n) is 6.11. The second-order valence-electron chi connectivity index (χ2n) is 5.02. The van der Waals surface area contributed by atoms with E-state index in [0.29, 0.717) is 18.2 Å². The molecule has 3 heteroatoms. The van der Waals surface area contributed by atoms with Gasteiger partial charge in [-0.1, -0.05) is 19.3 Å². The first-order valence-corrected chi connectivity index (χ1v) is 6.11. The number of hydrogen-bond donors (Lipinski definition) is 1. The maximum atomic E-state index is 10.7. The summed E-state index contributed by atoms with van der Waals surface area (Å²) in [7, 11) is 0. The Hall–Kier alpha value is -0.570. The van der Waals surface area contributed by atoms with Crippen LogP contribution >= 0.6 is 0 Å². The van der Waals surface area contributed by atoms with Gasteiger partial charge >= 0.3 is 5.97 Å². The molecule has 3 nitrogen and oxygen atoms in total. The van der Waals surface area contributed by atoms with E-state index in [4.69, 9.17) is 4.74 Å². The number of carbonyl (C=O) groups is 1. The van der Waals surface area contributed by atoms with Crippen molar-refractivity contribution in [2.24, 2.45) is 0 Å². The predicted octanol–water partition coefficient (Wildman–Crippen LogP) is 2.00. The molecule has 1 saturated carbocycles. The third kappa shape index (κ3) is 2.71. The molecule has 1 spiro atoms. The molecule has 1 heterocycles. The lowest BCUT2D eigenvalue weighted by atomic mass is 9.81. The first kappa shape index (κ1) is 10.9. The second kappa shape index (κ2) is 4.52. The van der Waals surface area contributed by atoms with Crippen LogP contribution in [-0.4, -0.2) is 24.2 Å². The highest BCUT2D eigenvalue weighted by atomic mass is 16.5. The third-order valence-electron chi connectivity index (χ3n) is 3.78. The van der Waals surface area contributed by atoms with E-state index < -0.39 is 0 Å². The van der Waals surface area contributed by atoms with Gasteiger partial charge in [-0.15, -0.1) is 0 Å². The average molecular weight is 211 g/mol. The molecular weight excluding hydrogens is 190 g/mol. The molecule has 2 aliphatic rings. The molecule has 1 saturated heterocycles. The highest BCUT2D eigenvalue weighted by Gasteiger charge is 2.39. The van der Waals surface area contributed by atoms with Crippen molar-refractivity contribution in [2.75, 3.05) is 6.61 Å². The molecule has 0 aromatic heterocycles. The number of rotatable bonds is 2. The highest BCUT2D eigenvalue weighted by Crippen LogP contribution is 2.36. The molecule has 1 atom stereocenters. The molecule has 0 bridgehead atoms. The molecule has 1 aliphatic carbocycles. The van der Waals surface area contributed by atoms with E-state index in [1.165, 1.54) is 45.4 Å². The summed E-state index contributed by atoms with van der Waals surface area (Å²) < 4.78 is 5.06. The average Bonchev–Trinajstić information content (AvgIpc) is 2.60. The summed E-state index contributed by atoms with van der Waals surface area (Å²) in [5.41, 5.74) is 0.392. The van der Waals surface area contributed by atoms with Crippen LogP contribution in [0.3, 0.4) is 0 Å². The lowest BCUT2D eigenvalue weighted by Gasteiger charge is -2.34. The third-order valence-corrected chi connectivity index (χ3v) is 3.78. The summed E-state index contributed by atoms with van der Waals surface area (Å²) in [5.74, 6) is -0.165. The molecule has 1 unspecified atom stereocenters. The van der Waals surface area contributed by atoms with Crippen LogP contribution in [-0.2, 0) is 9.53 Å². The Morgan fingerprint density at radius 3 is 2.73 bits per heavy atom. The molecule has 1 N–H and O–H groups in total. The van der Waals surface area contributed by atoms with Crippen LogP contribution in [0.2, 0.25) is 0 Å². The zero-order valence-corrected chi connectivity index (χ0v) is 9.55. The summed E-state index contributed by atoms with van der Waals surface area (Å²) in [6.07, 6.45) is 9.14. The van der Waals surface area contributed by atoms with Crippen LogP contribution in [0.4, 0.5) is 0 Å². The van der Waals surface area contributed by atoms with Crippen LogP contribution in [0.1, 0.15) is 51.9 Å². The van der Waals surface area contributed by atoms with Crippen molar-refractivity contribution in [1.29, 1.82) is 0 Å². The molecule has 0 aromatic rings. The zero-order valence-electron chi connectivity index (χ0n) is 9.55. The van der Waals surface area contributed by atoms with Gasteiger partial charge in [0.15, 0.2) is 0 Å². The fourth-order valence-electron chi connectivity index (χ4n) is 2.99. The smallest absolute Gasteiger partial charge is 0.302 e. The van der Waals surface area contributed by atoms with E-state index in [1.807, 2.05) is 0 Å². The van der Waals surface area contributed by atoms with Crippen molar-refractivity contribution in [3.05, 3.63) is 0 Å². The van der Waals surface area contributed by atoms with Crippen LogP contribution in [0, 0.1) is 0 Å². The van der Waals surface area contributed by atoms with Gasteiger partial charge in [0.05, 0.1) is 0 Å². The molecule has 86 valence electrons. The standard InChI is InChI=1S/C12H21NO2/c1-10(14)15-9-11-5-8-12(13-11)6-3-2-4-7-12/h11,13H,2-9H2,1H3. The molecule has 1 aliphatic heterocycles. The fraction of sp³-hybridized carbons (Fsp3) is 0.917. The van der Waals surface area contributed by atoms with E-state index in [-0.39, 0.29) is 5.97 Å². The Kier molecular flexibility index (Phi) is 3.29. The second-order valence-corrected chi connectivity index (χ2v) is 5.02. The maximum Gasteiger partial charge on any atom is 0.302 e. The minimum atomic E-state index is -0.165. The molecule has 2 fully saturated rings. The van der Waals surface area contributed by atoms with Crippen molar-refractivity contribution in [3.8, 4) is 0 Å². The molecule has 0 radical (unpaired) electrons. The minimum absolute atomic E-state index is 0.165. The fourth-order valence-corrected chi connectivity index (χ4v) is 2.99. The Labute approximate surface area is 91.6 Å². The molecule has 0 amide bonds. The van der Waals surface area contributed by atoms with Crippen LogP contribution < -0.4 is 5.32 Å². The summed E-state index contributed by atoms with van der Waals surface area (Å²) in [6.45, 7) is 2.03. The van der Waals surface area contributed by atoms with Crippen molar-refractivity contribution in [1.82, 2.24) is 5.32 Å². The Bertz CT molecular complexity index is 234. The SMILES string of the molecule is CC(=O)OCC1CCC2(CCCCC2)N1. The highest BCUT2D eigenvalue weighted by molar-refractivity contribution is 5.65. The van der Waals surface area contributed by atoms with Gasteiger partial charge in [-0.05, 0) is 25.7 Å². The Morgan fingerprint density at radius 1 is 1.33 bits per heavy atom. The minimum Gasteiger partial charge on any atom is -0.464 e. The molecule has 2 rings (SSSR count). The van der Waals surface area contributed by atoms with E-state index in [0.717, 1.165) is 6.42 Å². The first-order chi connectivity index (χ1) is 7.20.